The number of hydrogen-bond acceptors (Lipinski definition) is 5. The van der Waals surface area contributed by atoms with E-state index in [2.05, 4.69) is 4.98 Å². The number of anilines is 1. The second-order valence-corrected chi connectivity index (χ2v) is 9.22. The molecular formula is C21H17N3O3S2. The maximum absolute atomic E-state index is 13.4. The fourth-order valence-corrected chi connectivity index (χ4v) is 5.48. The smallest absolute Gasteiger partial charge is 0.266 e. The first-order chi connectivity index (χ1) is 13.9. The van der Waals surface area contributed by atoms with Crippen molar-refractivity contribution in [2.24, 2.45) is 5.73 Å². The van der Waals surface area contributed by atoms with Gasteiger partial charge in [0.1, 0.15) is 0 Å². The lowest BCUT2D eigenvalue weighted by atomic mass is 10.1. The molecule has 1 heterocycles. The molecule has 0 spiro atoms. The molecule has 0 aliphatic carbocycles. The van der Waals surface area contributed by atoms with Crippen molar-refractivity contribution >= 4 is 42.6 Å². The Morgan fingerprint density at radius 1 is 0.931 bits per heavy atom. The highest BCUT2D eigenvalue weighted by molar-refractivity contribution is 7.93. The van der Waals surface area contributed by atoms with Gasteiger partial charge in [-0.05, 0) is 42.0 Å². The molecule has 4 rings (SSSR count). The number of nitrogens with two attached hydrogens (primary N) is 1. The second kappa shape index (κ2) is 7.65. The molecule has 8 heteroatoms. The Hall–Kier alpha value is -3.23. The number of sulfonamides is 1. The maximum Gasteiger partial charge on any atom is 0.266 e. The Bertz CT molecular complexity index is 1230. The van der Waals surface area contributed by atoms with Gasteiger partial charge >= 0.3 is 0 Å². The van der Waals surface area contributed by atoms with E-state index >= 15 is 0 Å². The topological polar surface area (TPSA) is 93.4 Å². The van der Waals surface area contributed by atoms with Gasteiger partial charge in [-0.15, -0.1) is 0 Å². The van der Waals surface area contributed by atoms with Gasteiger partial charge in [0.05, 0.1) is 21.7 Å². The highest BCUT2D eigenvalue weighted by Gasteiger charge is 2.27. The number of thiazole rings is 1. The summed E-state index contributed by atoms with van der Waals surface area (Å²) in [6.45, 7) is 0.0795. The number of para-hydroxylation sites is 1. The summed E-state index contributed by atoms with van der Waals surface area (Å²) in [6.07, 6.45) is 0. The van der Waals surface area contributed by atoms with Crippen LogP contribution in [0.2, 0.25) is 0 Å². The number of rotatable bonds is 6. The molecule has 2 N–H and O–H groups in total. The molecule has 0 saturated carbocycles. The highest BCUT2D eigenvalue weighted by atomic mass is 32.2. The highest BCUT2D eigenvalue weighted by Crippen LogP contribution is 2.33. The molecule has 3 aromatic carbocycles. The summed E-state index contributed by atoms with van der Waals surface area (Å²) in [5.41, 5.74) is 7.11. The molecule has 0 unspecified atom stereocenters. The van der Waals surface area contributed by atoms with Crippen molar-refractivity contribution in [1.82, 2.24) is 4.98 Å². The summed E-state index contributed by atoms with van der Waals surface area (Å²) in [5, 5.41) is 0.383. The van der Waals surface area contributed by atoms with Crippen LogP contribution in [0, 0.1) is 0 Å². The molecular weight excluding hydrogens is 406 g/mol. The zero-order chi connectivity index (χ0) is 20.4. The number of carbonyl (C=O) groups excluding carboxylic acids is 1. The second-order valence-electron chi connectivity index (χ2n) is 6.35. The minimum atomic E-state index is -3.84. The van der Waals surface area contributed by atoms with Crippen LogP contribution in [-0.2, 0) is 16.6 Å². The van der Waals surface area contributed by atoms with Crippen molar-refractivity contribution in [2.45, 2.75) is 11.4 Å². The van der Waals surface area contributed by atoms with Gasteiger partial charge in [0.2, 0.25) is 11.0 Å². The van der Waals surface area contributed by atoms with Crippen molar-refractivity contribution in [3.8, 4) is 0 Å². The van der Waals surface area contributed by atoms with E-state index in [4.69, 9.17) is 5.73 Å². The van der Waals surface area contributed by atoms with Gasteiger partial charge in [0.15, 0.2) is 0 Å². The van der Waals surface area contributed by atoms with Gasteiger partial charge in [-0.2, -0.15) is 0 Å². The first-order valence-electron chi connectivity index (χ1n) is 8.77. The molecule has 1 amide bonds. The van der Waals surface area contributed by atoms with E-state index < -0.39 is 15.9 Å². The summed E-state index contributed by atoms with van der Waals surface area (Å²) in [5.74, 6) is -0.531. The maximum atomic E-state index is 13.4. The van der Waals surface area contributed by atoms with E-state index in [9.17, 15) is 13.2 Å². The SMILES string of the molecule is NC(=O)c1ccc(CN(c2nc3ccccc3s2)S(=O)(=O)c2ccccc2)cc1. The zero-order valence-electron chi connectivity index (χ0n) is 15.2. The summed E-state index contributed by atoms with van der Waals surface area (Å²) in [7, 11) is -3.84. The normalized spacial score (nSPS) is 11.4. The van der Waals surface area contributed by atoms with E-state index in [0.717, 1.165) is 10.2 Å². The Kier molecular flexibility index (Phi) is 5.04. The number of aromatic nitrogens is 1. The van der Waals surface area contributed by atoms with Crippen LogP contribution < -0.4 is 10.0 Å². The van der Waals surface area contributed by atoms with Crippen LogP contribution in [0.15, 0.2) is 83.8 Å². The summed E-state index contributed by atoms with van der Waals surface area (Å²) in [4.78, 5) is 16.0. The minimum absolute atomic E-state index is 0.0795. The van der Waals surface area contributed by atoms with Crippen LogP contribution in [0.4, 0.5) is 5.13 Å². The van der Waals surface area contributed by atoms with Crippen LogP contribution in [-0.4, -0.2) is 19.3 Å². The molecule has 1 aromatic heterocycles. The van der Waals surface area contributed by atoms with Gasteiger partial charge < -0.3 is 5.73 Å². The van der Waals surface area contributed by atoms with Gasteiger partial charge in [-0.25, -0.2) is 17.7 Å². The monoisotopic (exact) mass is 423 g/mol. The minimum Gasteiger partial charge on any atom is -0.366 e. The fraction of sp³-hybridized carbons (Fsp3) is 0.0476. The first-order valence-corrected chi connectivity index (χ1v) is 11.0. The largest absolute Gasteiger partial charge is 0.366 e. The predicted molar refractivity (Wildman–Crippen MR) is 114 cm³/mol. The Balaban J connectivity index is 1.79. The number of nitrogens with zero attached hydrogens (tertiary/aromatic N) is 2. The lowest BCUT2D eigenvalue weighted by molar-refractivity contribution is 0.100. The van der Waals surface area contributed by atoms with Crippen LogP contribution in [0.25, 0.3) is 10.2 Å². The predicted octanol–water partition coefficient (Wildman–Crippen LogP) is 3.79. The van der Waals surface area contributed by atoms with Crippen LogP contribution in [0.5, 0.6) is 0 Å². The summed E-state index contributed by atoms with van der Waals surface area (Å²) < 4.78 is 29.0. The number of hydrogen-bond donors (Lipinski definition) is 1. The van der Waals surface area contributed by atoms with Gasteiger partial charge in [0, 0.05) is 5.56 Å². The lowest BCUT2D eigenvalue weighted by Gasteiger charge is -2.22. The van der Waals surface area contributed by atoms with E-state index in [0.29, 0.717) is 16.3 Å². The van der Waals surface area contributed by atoms with Gasteiger partial charge in [-0.3, -0.25) is 4.79 Å². The van der Waals surface area contributed by atoms with Crippen molar-refractivity contribution in [2.75, 3.05) is 4.31 Å². The third kappa shape index (κ3) is 3.85. The molecule has 6 nitrogen and oxygen atoms in total. The molecule has 146 valence electrons. The third-order valence-corrected chi connectivity index (χ3v) is 7.32. The molecule has 29 heavy (non-hydrogen) atoms. The number of carbonyl (C=O) groups is 1. The Labute approximate surface area is 172 Å². The lowest BCUT2D eigenvalue weighted by Crippen LogP contribution is -2.30. The van der Waals surface area contributed by atoms with Crippen molar-refractivity contribution < 1.29 is 13.2 Å². The van der Waals surface area contributed by atoms with Crippen LogP contribution >= 0.6 is 11.3 Å². The first kappa shape index (κ1) is 19.1. The number of fused-ring (bicyclic) bond motifs is 1. The molecule has 0 saturated heterocycles. The average Bonchev–Trinajstić information content (AvgIpc) is 3.16. The summed E-state index contributed by atoms with van der Waals surface area (Å²) in [6, 6.07) is 22.3. The van der Waals surface area contributed by atoms with Crippen LogP contribution in [0.1, 0.15) is 15.9 Å². The number of amides is 1. The zero-order valence-corrected chi connectivity index (χ0v) is 16.9. The van der Waals surface area contributed by atoms with E-state index in [1.165, 1.54) is 15.6 Å². The standard InChI is InChI=1S/C21H17N3O3S2/c22-20(25)16-12-10-15(11-13-16)14-24(29(26,27)17-6-2-1-3-7-17)21-23-18-8-4-5-9-19(18)28-21/h1-13H,14H2,(H2,22,25). The Morgan fingerprint density at radius 3 is 2.24 bits per heavy atom. The van der Waals surface area contributed by atoms with Crippen molar-refractivity contribution in [3.63, 3.8) is 0 Å². The average molecular weight is 424 g/mol. The van der Waals surface area contributed by atoms with Crippen molar-refractivity contribution in [3.05, 3.63) is 90.0 Å². The quantitative estimate of drug-likeness (QED) is 0.511. The van der Waals surface area contributed by atoms with Gasteiger partial charge in [-0.1, -0.05) is 53.8 Å². The number of primary amides is 1. The molecule has 4 aromatic rings. The van der Waals surface area contributed by atoms with Crippen LogP contribution in [0.3, 0.4) is 0 Å². The van der Waals surface area contributed by atoms with E-state index in [1.807, 2.05) is 24.3 Å². The van der Waals surface area contributed by atoms with Gasteiger partial charge in [0.25, 0.3) is 10.0 Å². The molecule has 0 atom stereocenters. The molecule has 0 fully saturated rings. The van der Waals surface area contributed by atoms with Crippen molar-refractivity contribution in [1.29, 1.82) is 0 Å². The van der Waals surface area contributed by atoms with E-state index in [1.54, 1.807) is 54.6 Å². The number of benzene rings is 3. The molecule has 0 bridgehead atoms. The molecule has 0 aliphatic heterocycles. The molecule has 0 aliphatic rings. The molecule has 0 radical (unpaired) electrons. The van der Waals surface area contributed by atoms with E-state index in [-0.39, 0.29) is 11.4 Å². The Morgan fingerprint density at radius 2 is 1.59 bits per heavy atom. The summed E-state index contributed by atoms with van der Waals surface area (Å²) >= 11 is 1.32. The third-order valence-electron chi connectivity index (χ3n) is 4.39. The fourth-order valence-electron chi connectivity index (χ4n) is 2.88.